The van der Waals surface area contributed by atoms with E-state index in [0.29, 0.717) is 19.1 Å². The van der Waals surface area contributed by atoms with Gasteiger partial charge >= 0.3 is 0 Å². The van der Waals surface area contributed by atoms with E-state index in [-0.39, 0.29) is 24.0 Å². The van der Waals surface area contributed by atoms with Crippen LogP contribution in [0.5, 0.6) is 0 Å². The van der Waals surface area contributed by atoms with Crippen molar-refractivity contribution >= 4 is 41.3 Å². The predicted molar refractivity (Wildman–Crippen MR) is 119 cm³/mol. The van der Waals surface area contributed by atoms with Crippen molar-refractivity contribution < 1.29 is 9.47 Å². The van der Waals surface area contributed by atoms with E-state index in [1.54, 1.807) is 18.4 Å². The molecule has 0 amide bonds. The van der Waals surface area contributed by atoms with Crippen LogP contribution < -0.4 is 5.32 Å². The van der Waals surface area contributed by atoms with Gasteiger partial charge in [0.05, 0.1) is 24.8 Å². The van der Waals surface area contributed by atoms with Crippen LogP contribution in [0.15, 0.2) is 11.2 Å². The highest BCUT2D eigenvalue weighted by Gasteiger charge is 2.24. The van der Waals surface area contributed by atoms with Crippen molar-refractivity contribution in [2.75, 3.05) is 53.1 Å². The molecule has 1 aromatic rings. The van der Waals surface area contributed by atoms with Crippen molar-refractivity contribution in [3.63, 3.8) is 0 Å². The molecule has 1 atom stereocenters. The number of nitrogens with zero attached hydrogens (tertiary/aromatic N) is 3. The van der Waals surface area contributed by atoms with Crippen LogP contribution in [-0.2, 0) is 22.3 Å². The van der Waals surface area contributed by atoms with E-state index < -0.39 is 0 Å². The van der Waals surface area contributed by atoms with E-state index in [9.17, 15) is 0 Å². The Morgan fingerprint density at radius 3 is 2.96 bits per heavy atom. The van der Waals surface area contributed by atoms with Gasteiger partial charge in [-0.2, -0.15) is 0 Å². The number of rotatable bonds is 10. The molecule has 150 valence electrons. The van der Waals surface area contributed by atoms with E-state index in [1.807, 2.05) is 6.20 Å². The number of likely N-dealkylation sites (tertiary alicyclic amines) is 1. The summed E-state index contributed by atoms with van der Waals surface area (Å²) in [4.78, 5) is 13.0. The quantitative estimate of drug-likeness (QED) is 0.234. The summed E-state index contributed by atoms with van der Waals surface area (Å²) < 4.78 is 10.7. The van der Waals surface area contributed by atoms with Crippen LogP contribution in [0.25, 0.3) is 0 Å². The van der Waals surface area contributed by atoms with E-state index in [1.165, 1.54) is 9.88 Å². The average molecular weight is 496 g/mol. The second-order valence-corrected chi connectivity index (χ2v) is 7.43. The first-order valence-corrected chi connectivity index (χ1v) is 10.1. The highest BCUT2D eigenvalue weighted by Crippen LogP contribution is 2.17. The van der Waals surface area contributed by atoms with Crippen LogP contribution in [0.4, 0.5) is 0 Å². The van der Waals surface area contributed by atoms with E-state index in [4.69, 9.17) is 14.5 Å². The Bertz CT molecular complexity index is 527. The minimum atomic E-state index is 0. The van der Waals surface area contributed by atoms with Gasteiger partial charge < -0.3 is 19.7 Å². The van der Waals surface area contributed by atoms with Gasteiger partial charge in [-0.3, -0.25) is 4.99 Å². The number of halogens is 1. The molecule has 1 unspecified atom stereocenters. The zero-order valence-corrected chi connectivity index (χ0v) is 19.3. The summed E-state index contributed by atoms with van der Waals surface area (Å²) in [6.07, 6.45) is 5.12. The van der Waals surface area contributed by atoms with Crippen LogP contribution in [0.3, 0.4) is 0 Å². The second-order valence-electron chi connectivity index (χ2n) is 6.23. The van der Waals surface area contributed by atoms with E-state index in [2.05, 4.69) is 29.0 Å². The maximum Gasteiger partial charge on any atom is 0.193 e. The third kappa shape index (κ3) is 8.06. The van der Waals surface area contributed by atoms with Crippen LogP contribution >= 0.6 is 35.3 Å². The normalized spacial score (nSPS) is 17.4. The molecule has 0 aliphatic carbocycles. The smallest absolute Gasteiger partial charge is 0.193 e. The maximum atomic E-state index is 5.68. The third-order valence-electron chi connectivity index (χ3n) is 4.24. The molecule has 1 saturated heterocycles. The highest BCUT2D eigenvalue weighted by atomic mass is 127. The molecule has 0 saturated carbocycles. The Morgan fingerprint density at radius 2 is 2.27 bits per heavy atom. The van der Waals surface area contributed by atoms with Crippen molar-refractivity contribution in [2.24, 2.45) is 10.9 Å². The first-order chi connectivity index (χ1) is 12.3. The first-order valence-electron chi connectivity index (χ1n) is 9.30. The number of aryl methyl sites for hydroxylation is 1. The number of nitrogens with one attached hydrogen (secondary N) is 1. The average Bonchev–Trinajstić information content (AvgIpc) is 3.27. The summed E-state index contributed by atoms with van der Waals surface area (Å²) in [5.74, 6) is 1.60. The second kappa shape index (κ2) is 13.7. The molecular weight excluding hydrogens is 463 g/mol. The Hall–Kier alpha value is -0.450. The number of thiazole rings is 1. The molecule has 2 heterocycles. The van der Waals surface area contributed by atoms with Gasteiger partial charge in [-0.1, -0.05) is 6.92 Å². The molecule has 0 radical (unpaired) electrons. The molecule has 1 aliphatic rings. The largest absolute Gasteiger partial charge is 0.382 e. The number of hydrogen-bond donors (Lipinski definition) is 1. The number of guanidine groups is 1. The molecule has 1 aromatic heterocycles. The van der Waals surface area contributed by atoms with Gasteiger partial charge in [0.15, 0.2) is 5.96 Å². The van der Waals surface area contributed by atoms with Crippen molar-refractivity contribution in [1.82, 2.24) is 15.2 Å². The zero-order chi connectivity index (χ0) is 17.9. The number of aliphatic imine (C=N–C) groups is 1. The SMILES string of the molecule is CCNC(=NCCc1ncc(CC)s1)N1CCC(COCCOC)C1.I. The third-order valence-corrected chi connectivity index (χ3v) is 5.44. The minimum absolute atomic E-state index is 0. The summed E-state index contributed by atoms with van der Waals surface area (Å²) in [6.45, 7) is 10.2. The van der Waals surface area contributed by atoms with Gasteiger partial charge in [-0.05, 0) is 19.8 Å². The molecular formula is C18H33IN4O2S. The monoisotopic (exact) mass is 496 g/mol. The molecule has 1 aliphatic heterocycles. The maximum absolute atomic E-state index is 5.68. The predicted octanol–water partition coefficient (Wildman–Crippen LogP) is 2.82. The van der Waals surface area contributed by atoms with Gasteiger partial charge in [-0.25, -0.2) is 4.98 Å². The molecule has 6 nitrogen and oxygen atoms in total. The van der Waals surface area contributed by atoms with Crippen molar-refractivity contribution in [3.05, 3.63) is 16.1 Å². The van der Waals surface area contributed by atoms with E-state index in [0.717, 1.165) is 58.0 Å². The summed E-state index contributed by atoms with van der Waals surface area (Å²) in [5, 5.41) is 4.60. The molecule has 2 rings (SSSR count). The van der Waals surface area contributed by atoms with Crippen molar-refractivity contribution in [1.29, 1.82) is 0 Å². The van der Waals surface area contributed by atoms with Crippen LogP contribution in [0.1, 0.15) is 30.2 Å². The molecule has 0 bridgehead atoms. The lowest BCUT2D eigenvalue weighted by atomic mass is 10.1. The number of aromatic nitrogens is 1. The standard InChI is InChI=1S/C18H32N4O2S.HI/c1-4-16-12-21-17(25-16)6-8-20-18(19-5-2)22-9-7-15(13-22)14-24-11-10-23-3;/h12,15H,4-11,13-14H2,1-3H3,(H,19,20);1H. The molecule has 0 aromatic carbocycles. The van der Waals surface area contributed by atoms with Crippen molar-refractivity contribution in [3.8, 4) is 0 Å². The minimum Gasteiger partial charge on any atom is -0.382 e. The summed E-state index contributed by atoms with van der Waals surface area (Å²) in [6, 6.07) is 0. The molecule has 0 spiro atoms. The van der Waals surface area contributed by atoms with Crippen LogP contribution in [0, 0.1) is 5.92 Å². The Labute approximate surface area is 178 Å². The highest BCUT2D eigenvalue weighted by molar-refractivity contribution is 14.0. The topological polar surface area (TPSA) is 59.0 Å². The van der Waals surface area contributed by atoms with Crippen molar-refractivity contribution in [2.45, 2.75) is 33.1 Å². The lowest BCUT2D eigenvalue weighted by molar-refractivity contribution is 0.0536. The molecule has 26 heavy (non-hydrogen) atoms. The van der Waals surface area contributed by atoms with Gasteiger partial charge in [0.25, 0.3) is 0 Å². The molecule has 1 fully saturated rings. The summed E-state index contributed by atoms with van der Waals surface area (Å²) in [5.41, 5.74) is 0. The lowest BCUT2D eigenvalue weighted by Gasteiger charge is -2.21. The number of hydrogen-bond acceptors (Lipinski definition) is 5. The van der Waals surface area contributed by atoms with Gasteiger partial charge in [-0.15, -0.1) is 35.3 Å². The van der Waals surface area contributed by atoms with Crippen LogP contribution in [-0.4, -0.2) is 69.0 Å². The fourth-order valence-electron chi connectivity index (χ4n) is 2.86. The first kappa shape index (κ1) is 23.6. The number of ether oxygens (including phenoxy) is 2. The van der Waals surface area contributed by atoms with Gasteiger partial charge in [0.1, 0.15) is 0 Å². The van der Waals surface area contributed by atoms with Gasteiger partial charge in [0, 0.05) is 56.7 Å². The van der Waals surface area contributed by atoms with E-state index >= 15 is 0 Å². The fraction of sp³-hybridized carbons (Fsp3) is 0.778. The Balaban J connectivity index is 0.00000338. The summed E-state index contributed by atoms with van der Waals surface area (Å²) in [7, 11) is 1.70. The Morgan fingerprint density at radius 1 is 1.42 bits per heavy atom. The van der Waals surface area contributed by atoms with Gasteiger partial charge in [0.2, 0.25) is 0 Å². The van der Waals surface area contributed by atoms with Crippen LogP contribution in [0.2, 0.25) is 0 Å². The molecule has 8 heteroatoms. The lowest BCUT2D eigenvalue weighted by Crippen LogP contribution is -2.40. The Kier molecular flexibility index (Phi) is 12.4. The zero-order valence-electron chi connectivity index (χ0n) is 16.2. The summed E-state index contributed by atoms with van der Waals surface area (Å²) >= 11 is 1.80. The fourth-order valence-corrected chi connectivity index (χ4v) is 3.71. The molecule has 1 N–H and O–H groups in total. The number of methoxy groups -OCH3 is 1.